The Bertz CT molecular complexity index is 814. The van der Waals surface area contributed by atoms with Crippen molar-refractivity contribution < 1.29 is 24.1 Å². The maximum absolute atomic E-state index is 11.7. The summed E-state index contributed by atoms with van der Waals surface area (Å²) in [5.41, 5.74) is 2.64. The Morgan fingerprint density at radius 2 is 1.56 bits per heavy atom. The molecule has 2 aromatic rings. The van der Waals surface area contributed by atoms with Crippen LogP contribution in [0.5, 0.6) is 17.2 Å². The average Bonchev–Trinajstić information content (AvgIpc) is 2.72. The Labute approximate surface area is 158 Å². The minimum atomic E-state index is -1.09. The lowest BCUT2D eigenvalue weighted by molar-refractivity contribution is 0.0692. The number of benzene rings is 2. The molecule has 0 atom stereocenters. The Hall–Kier alpha value is -2.93. The van der Waals surface area contributed by atoms with Gasteiger partial charge >= 0.3 is 5.97 Å². The van der Waals surface area contributed by atoms with Gasteiger partial charge in [0.15, 0.2) is 11.5 Å². The first-order chi connectivity index (χ1) is 13.1. The van der Waals surface area contributed by atoms with Crippen LogP contribution < -0.4 is 24.4 Å². The summed E-state index contributed by atoms with van der Waals surface area (Å²) in [5, 5.41) is 12.9. The number of hydrogen-bond donors (Lipinski definition) is 2. The van der Waals surface area contributed by atoms with E-state index in [2.05, 4.69) is 10.2 Å². The molecular weight excluding hydrogens is 348 g/mol. The maximum Gasteiger partial charge on any atom is 0.339 e. The van der Waals surface area contributed by atoms with Gasteiger partial charge in [-0.3, -0.25) is 0 Å². The van der Waals surface area contributed by atoms with Gasteiger partial charge in [-0.2, -0.15) is 0 Å². The quantitative estimate of drug-likeness (QED) is 0.806. The average molecular weight is 372 g/mol. The number of aromatic carboxylic acids is 1. The molecule has 0 aromatic heterocycles. The highest BCUT2D eigenvalue weighted by Gasteiger charge is 2.25. The highest BCUT2D eigenvalue weighted by molar-refractivity contribution is 5.96. The van der Waals surface area contributed by atoms with Crippen molar-refractivity contribution in [3.63, 3.8) is 0 Å². The molecule has 27 heavy (non-hydrogen) atoms. The molecule has 1 aliphatic rings. The lowest BCUT2D eigenvalue weighted by Gasteiger charge is -2.29. The van der Waals surface area contributed by atoms with Crippen molar-refractivity contribution >= 4 is 11.7 Å². The van der Waals surface area contributed by atoms with E-state index in [1.54, 1.807) is 6.07 Å². The van der Waals surface area contributed by atoms with Gasteiger partial charge in [-0.25, -0.2) is 4.79 Å². The van der Waals surface area contributed by atoms with Crippen molar-refractivity contribution in [1.82, 2.24) is 5.32 Å². The number of nitrogens with one attached hydrogen (secondary N) is 1. The van der Waals surface area contributed by atoms with Crippen molar-refractivity contribution in [1.29, 1.82) is 0 Å². The van der Waals surface area contributed by atoms with Crippen molar-refractivity contribution in [3.8, 4) is 28.4 Å². The number of piperazine rings is 1. The van der Waals surface area contributed by atoms with Crippen molar-refractivity contribution in [2.24, 2.45) is 0 Å². The number of rotatable bonds is 6. The maximum atomic E-state index is 11.7. The molecule has 0 radical (unpaired) electrons. The number of carbonyl (C=O) groups is 1. The highest BCUT2D eigenvalue weighted by Crippen LogP contribution is 2.46. The minimum absolute atomic E-state index is 0.0244. The summed E-state index contributed by atoms with van der Waals surface area (Å²) in [6.07, 6.45) is 0. The van der Waals surface area contributed by atoms with Gasteiger partial charge in [0.25, 0.3) is 0 Å². The van der Waals surface area contributed by atoms with Gasteiger partial charge in [-0.15, -0.1) is 0 Å². The Balaban J connectivity index is 2.07. The molecule has 1 aliphatic heterocycles. The molecule has 7 heteroatoms. The monoisotopic (exact) mass is 372 g/mol. The Morgan fingerprint density at radius 3 is 2.07 bits per heavy atom. The van der Waals surface area contributed by atoms with Crippen molar-refractivity contribution in [3.05, 3.63) is 35.9 Å². The molecule has 0 aliphatic carbocycles. The number of anilines is 1. The number of methoxy groups -OCH3 is 3. The normalized spacial score (nSPS) is 14.0. The van der Waals surface area contributed by atoms with Crippen LogP contribution >= 0.6 is 0 Å². The van der Waals surface area contributed by atoms with Gasteiger partial charge in [0.1, 0.15) is 5.56 Å². The summed E-state index contributed by atoms with van der Waals surface area (Å²) in [6.45, 7) is 3.85. The summed E-state index contributed by atoms with van der Waals surface area (Å²) in [7, 11) is 4.39. The van der Waals surface area contributed by atoms with Crippen LogP contribution in [-0.4, -0.2) is 58.6 Å². The van der Waals surface area contributed by atoms with Crippen LogP contribution in [0.15, 0.2) is 30.3 Å². The molecule has 1 heterocycles. The van der Waals surface area contributed by atoms with Gasteiger partial charge in [-0.05, 0) is 23.8 Å². The molecule has 1 saturated heterocycles. The molecule has 3 rings (SSSR count). The van der Waals surface area contributed by atoms with Gasteiger partial charge < -0.3 is 29.5 Å². The molecule has 144 valence electrons. The second kappa shape index (κ2) is 8.18. The first-order valence-electron chi connectivity index (χ1n) is 8.73. The minimum Gasteiger partial charge on any atom is -0.492 e. The lowest BCUT2D eigenvalue weighted by atomic mass is 9.99. The summed E-state index contributed by atoms with van der Waals surface area (Å²) in [6, 6.07) is 9.57. The van der Waals surface area contributed by atoms with E-state index in [0.717, 1.165) is 37.4 Å². The SMILES string of the molecule is COc1c(C(=O)O)cc(-c2ccc(N3CCNCC3)cc2)c(OC)c1OC. The zero-order valence-corrected chi connectivity index (χ0v) is 15.7. The number of hydrogen-bond acceptors (Lipinski definition) is 6. The van der Waals surface area contributed by atoms with Crippen LogP contribution in [0.4, 0.5) is 5.69 Å². The van der Waals surface area contributed by atoms with Crippen molar-refractivity contribution in [2.75, 3.05) is 52.4 Å². The zero-order chi connectivity index (χ0) is 19.4. The molecule has 0 spiro atoms. The molecule has 0 bridgehead atoms. The van der Waals surface area contributed by atoms with E-state index in [0.29, 0.717) is 11.3 Å². The van der Waals surface area contributed by atoms with Crippen LogP contribution in [0.25, 0.3) is 11.1 Å². The summed E-state index contributed by atoms with van der Waals surface area (Å²) < 4.78 is 16.2. The Morgan fingerprint density at radius 1 is 0.963 bits per heavy atom. The predicted molar refractivity (Wildman–Crippen MR) is 104 cm³/mol. The van der Waals surface area contributed by atoms with Gasteiger partial charge in [0.2, 0.25) is 5.75 Å². The largest absolute Gasteiger partial charge is 0.492 e. The van der Waals surface area contributed by atoms with Gasteiger partial charge in [0, 0.05) is 37.4 Å². The second-order valence-corrected chi connectivity index (χ2v) is 6.16. The van der Waals surface area contributed by atoms with E-state index in [4.69, 9.17) is 14.2 Å². The highest BCUT2D eigenvalue weighted by atomic mass is 16.5. The molecule has 7 nitrogen and oxygen atoms in total. The van der Waals surface area contributed by atoms with E-state index in [-0.39, 0.29) is 17.1 Å². The third-order valence-corrected chi connectivity index (χ3v) is 4.69. The first kappa shape index (κ1) is 18.8. The molecule has 0 amide bonds. The molecule has 1 fully saturated rings. The third-order valence-electron chi connectivity index (χ3n) is 4.69. The standard InChI is InChI=1S/C20H24N2O5/c1-25-17-15(12-16(20(23)24)18(26-2)19(17)27-3)13-4-6-14(7-5-13)22-10-8-21-9-11-22/h4-7,12,21H,8-11H2,1-3H3,(H,23,24). The van der Waals surface area contributed by atoms with Crippen LogP contribution in [0, 0.1) is 0 Å². The third kappa shape index (κ3) is 3.64. The number of ether oxygens (including phenoxy) is 3. The van der Waals surface area contributed by atoms with E-state index < -0.39 is 5.97 Å². The van der Waals surface area contributed by atoms with Gasteiger partial charge in [-0.1, -0.05) is 12.1 Å². The van der Waals surface area contributed by atoms with E-state index >= 15 is 0 Å². The molecule has 2 aromatic carbocycles. The lowest BCUT2D eigenvalue weighted by Crippen LogP contribution is -2.43. The van der Waals surface area contributed by atoms with Crippen molar-refractivity contribution in [2.45, 2.75) is 0 Å². The number of carboxylic acids is 1. The number of nitrogens with zero attached hydrogens (tertiary/aromatic N) is 1. The van der Waals surface area contributed by atoms with Crippen LogP contribution in [0.2, 0.25) is 0 Å². The van der Waals surface area contributed by atoms with E-state index in [1.807, 2.05) is 24.3 Å². The predicted octanol–water partition coefficient (Wildman–Crippen LogP) is 2.49. The van der Waals surface area contributed by atoms with E-state index in [1.165, 1.54) is 21.3 Å². The molecule has 0 saturated carbocycles. The zero-order valence-electron chi connectivity index (χ0n) is 15.7. The fraction of sp³-hybridized carbons (Fsp3) is 0.350. The topological polar surface area (TPSA) is 80.3 Å². The summed E-state index contributed by atoms with van der Waals surface area (Å²) in [4.78, 5) is 14.0. The second-order valence-electron chi connectivity index (χ2n) is 6.16. The number of carboxylic acid groups (broad SMARTS) is 1. The van der Waals surface area contributed by atoms with Crippen LogP contribution in [-0.2, 0) is 0 Å². The molecule has 0 unspecified atom stereocenters. The van der Waals surface area contributed by atoms with Crippen LogP contribution in [0.1, 0.15) is 10.4 Å². The molecular formula is C20H24N2O5. The summed E-state index contributed by atoms with van der Waals surface area (Å²) >= 11 is 0. The fourth-order valence-electron chi connectivity index (χ4n) is 3.36. The van der Waals surface area contributed by atoms with Crippen LogP contribution in [0.3, 0.4) is 0 Å². The van der Waals surface area contributed by atoms with E-state index in [9.17, 15) is 9.90 Å². The first-order valence-corrected chi connectivity index (χ1v) is 8.73. The molecule has 2 N–H and O–H groups in total. The Kier molecular flexibility index (Phi) is 5.71. The smallest absolute Gasteiger partial charge is 0.339 e. The fourth-order valence-corrected chi connectivity index (χ4v) is 3.36. The van der Waals surface area contributed by atoms with Gasteiger partial charge in [0.05, 0.1) is 21.3 Å². The summed E-state index contributed by atoms with van der Waals surface area (Å²) in [5.74, 6) is -0.245.